The van der Waals surface area contributed by atoms with Gasteiger partial charge in [-0.2, -0.15) is 0 Å². The van der Waals surface area contributed by atoms with Crippen molar-refractivity contribution in [1.29, 1.82) is 0 Å². The molecule has 6 aromatic carbocycles. The smallest absolute Gasteiger partial charge is 0.226 e. The van der Waals surface area contributed by atoms with Gasteiger partial charge in [0.2, 0.25) is 19.7 Å². The first-order chi connectivity index (χ1) is 36.6. The Kier molecular flexibility index (Phi) is 13.7. The van der Waals surface area contributed by atoms with Crippen LogP contribution >= 0.6 is 0 Å². The van der Waals surface area contributed by atoms with Gasteiger partial charge in [0.1, 0.15) is 60.1 Å². The zero-order chi connectivity index (χ0) is 55.2. The summed E-state index contributed by atoms with van der Waals surface area (Å²) in [6.45, 7) is -2.36. The van der Waals surface area contributed by atoms with Gasteiger partial charge in [-0.15, -0.1) is 10.2 Å². The quantitative estimate of drug-likeness (QED) is 0.0724. The molecular formula is C52H48F6N8O10S. The van der Waals surface area contributed by atoms with Gasteiger partial charge in [-0.1, -0.05) is 59.0 Å². The summed E-state index contributed by atoms with van der Waals surface area (Å²) in [4.78, 5) is -3.26. The number of anilines is 2. The molecule has 2 aliphatic heterocycles. The van der Waals surface area contributed by atoms with E-state index in [-0.39, 0.29) is 22.5 Å². The Bertz CT molecular complexity index is 3430. The molecule has 6 N–H and O–H groups in total. The minimum absolute atomic E-state index is 0.345. The normalized spacial score (nSPS) is 25.9. The maximum atomic E-state index is 17.3. The lowest BCUT2D eigenvalue weighted by molar-refractivity contribution is -0.245. The number of nitrogens with zero attached hydrogens (tertiary/aromatic N) is 8. The van der Waals surface area contributed by atoms with E-state index in [0.29, 0.717) is 57.2 Å². The van der Waals surface area contributed by atoms with E-state index >= 15 is 8.42 Å². The lowest BCUT2D eigenvalue weighted by Gasteiger charge is -2.56. The first kappa shape index (κ1) is 53.3. The highest BCUT2D eigenvalue weighted by atomic mass is 32.2. The third-order valence-electron chi connectivity index (χ3n) is 14.4. The van der Waals surface area contributed by atoms with Crippen LogP contribution in [0.5, 0.6) is 0 Å². The number of benzene rings is 6. The topological polar surface area (TPSA) is 242 Å². The van der Waals surface area contributed by atoms with Crippen molar-refractivity contribution < 1.29 is 74.9 Å². The van der Waals surface area contributed by atoms with Crippen molar-refractivity contribution in [1.82, 2.24) is 30.0 Å². The Balaban J connectivity index is 1.27. The number of halogens is 6. The molecule has 0 amide bonds. The van der Waals surface area contributed by atoms with Crippen LogP contribution in [0.25, 0.3) is 44.1 Å². The fourth-order valence-corrected chi connectivity index (χ4v) is 13.3. The molecule has 2 fully saturated rings. The molecule has 18 nitrogen and oxygen atoms in total. The highest BCUT2D eigenvalue weighted by Gasteiger charge is 2.74. The summed E-state index contributed by atoms with van der Waals surface area (Å²) in [5.41, 5.74) is -0.985. The molecule has 0 bridgehead atoms. The number of hydrogen-bond donors (Lipinski definition) is 6. The fraction of sp³-hybridized carbons (Fsp3) is 0.308. The highest BCUT2D eigenvalue weighted by Crippen LogP contribution is 2.58. The minimum atomic E-state index is -6.05. The van der Waals surface area contributed by atoms with E-state index in [0.717, 1.165) is 21.8 Å². The molecule has 0 radical (unpaired) electrons. The monoisotopic (exact) mass is 1090 g/mol. The maximum Gasteiger partial charge on any atom is 0.226 e. The van der Waals surface area contributed by atoms with Gasteiger partial charge in [0.05, 0.1) is 25.6 Å². The Morgan fingerprint density at radius 2 is 0.922 bits per heavy atom. The number of hydrogen-bond acceptors (Lipinski definition) is 16. The van der Waals surface area contributed by atoms with Crippen LogP contribution in [0.15, 0.2) is 109 Å². The van der Waals surface area contributed by atoms with Crippen molar-refractivity contribution in [2.45, 2.75) is 58.6 Å². The molecule has 404 valence electrons. The predicted octanol–water partition coefficient (Wildman–Crippen LogP) is 4.61. The Morgan fingerprint density at radius 3 is 1.26 bits per heavy atom. The second-order valence-corrected chi connectivity index (χ2v) is 21.5. The van der Waals surface area contributed by atoms with Crippen LogP contribution in [0, 0.1) is 34.9 Å². The molecule has 8 aromatic rings. The summed E-state index contributed by atoms with van der Waals surface area (Å²) < 4.78 is 136. The van der Waals surface area contributed by atoms with Crippen molar-refractivity contribution >= 4 is 42.8 Å². The molecule has 2 saturated heterocycles. The molecule has 2 aromatic heterocycles. The van der Waals surface area contributed by atoms with Crippen LogP contribution in [-0.4, -0.2) is 147 Å². The number of aliphatic hydroxyl groups excluding tert-OH is 6. The van der Waals surface area contributed by atoms with Gasteiger partial charge < -0.3 is 49.9 Å². The number of fused-ring (bicyclic) bond motifs is 2. The largest absolute Gasteiger partial charge is 0.394 e. The van der Waals surface area contributed by atoms with Gasteiger partial charge in [0.15, 0.2) is 34.9 Å². The molecule has 77 heavy (non-hydrogen) atoms. The van der Waals surface area contributed by atoms with Crippen molar-refractivity contribution in [3.63, 3.8) is 0 Å². The average Bonchev–Trinajstić information content (AvgIpc) is 4.15. The Morgan fingerprint density at radius 1 is 0.558 bits per heavy atom. The van der Waals surface area contributed by atoms with E-state index in [1.165, 1.54) is 36.4 Å². The van der Waals surface area contributed by atoms with E-state index in [2.05, 4.69) is 20.6 Å². The summed E-state index contributed by atoms with van der Waals surface area (Å²) in [6.07, 6.45) is -11.6. The molecule has 0 saturated carbocycles. The maximum absolute atomic E-state index is 17.3. The van der Waals surface area contributed by atoms with Crippen molar-refractivity contribution in [3.05, 3.63) is 155 Å². The molecule has 0 spiro atoms. The summed E-state index contributed by atoms with van der Waals surface area (Å²) in [6, 6.07) is 16.6. The number of aromatic nitrogens is 6. The van der Waals surface area contributed by atoms with E-state index in [1.807, 2.05) is 0 Å². The van der Waals surface area contributed by atoms with E-state index in [4.69, 9.17) is 9.47 Å². The fourth-order valence-electron chi connectivity index (χ4n) is 10.6. The van der Waals surface area contributed by atoms with Crippen molar-refractivity contribution in [2.24, 2.45) is 0 Å². The van der Waals surface area contributed by atoms with E-state index in [1.54, 1.807) is 74.4 Å². The second-order valence-electron chi connectivity index (χ2n) is 19.3. The second kappa shape index (κ2) is 19.7. The third kappa shape index (κ3) is 8.30. The molecular weight excluding hydrogens is 1040 g/mol. The summed E-state index contributed by atoms with van der Waals surface area (Å²) in [7, 11) is 0.980. The molecule has 10 atom stereocenters. The molecule has 0 aliphatic carbocycles. The predicted molar refractivity (Wildman–Crippen MR) is 266 cm³/mol. The SMILES string of the molecule is CN(C)c1cccc2cc([C@]3(S(=O)(=O)[C@@]4(c5ccc6c(N(C)C)cccc6c5)O[C@H](CO)[C@H](O)[C@H](n5cc(-c6cc(F)c(F)c(F)c6)nn5)[C@H]4O)O[C@H](CO)[C@H](O)[C@H](n4cc(-c5cc(F)c(F)c(F)c5)nn4)[C@H]3O)ccc12. The summed E-state index contributed by atoms with van der Waals surface area (Å²) in [5.74, 6) is -10.0. The lowest BCUT2D eigenvalue weighted by Crippen LogP contribution is -2.71. The van der Waals surface area contributed by atoms with E-state index in [9.17, 15) is 57.0 Å². The van der Waals surface area contributed by atoms with Gasteiger partial charge in [-0.3, -0.25) is 0 Å². The molecule has 0 unspecified atom stereocenters. The highest BCUT2D eigenvalue weighted by molar-refractivity contribution is 7.93. The van der Waals surface area contributed by atoms with Crippen LogP contribution in [0.1, 0.15) is 23.2 Å². The first-order valence-corrected chi connectivity index (χ1v) is 25.2. The van der Waals surface area contributed by atoms with Crippen LogP contribution in [0.2, 0.25) is 0 Å². The van der Waals surface area contributed by atoms with Gasteiger partial charge in [0.25, 0.3) is 0 Å². The van der Waals surface area contributed by atoms with Crippen LogP contribution < -0.4 is 9.80 Å². The third-order valence-corrected chi connectivity index (χ3v) is 17.1. The lowest BCUT2D eigenvalue weighted by atomic mass is 9.87. The van der Waals surface area contributed by atoms with Crippen molar-refractivity contribution in [2.75, 3.05) is 51.2 Å². The van der Waals surface area contributed by atoms with Crippen LogP contribution in [0.4, 0.5) is 37.7 Å². The molecule has 25 heteroatoms. The van der Waals surface area contributed by atoms with Crippen molar-refractivity contribution in [3.8, 4) is 22.5 Å². The van der Waals surface area contributed by atoms with Gasteiger partial charge in [0, 0.05) is 72.6 Å². The zero-order valence-corrected chi connectivity index (χ0v) is 41.8. The number of rotatable bonds is 12. The molecule has 4 heterocycles. The minimum Gasteiger partial charge on any atom is -0.394 e. The Labute approximate surface area is 434 Å². The standard InChI is InChI=1S/C52H48F6N8O10S/c1-63(2)39-9-5-7-25-15-29(11-13-31(25)39)51(49(71)45(47(69)41(23-67)75-51)65-21-37(59-61-65)27-17-33(53)43(57)34(54)18-27)77(73,74)52(30-12-14-32-26(16-30)8-6-10-40(32)64(3)4)50(72)46(48(70)42(24-68)76-52)66-22-38(60-62-66)28-19-35(55)44(58)36(56)20-28/h5-22,41-42,45-50,67-72H,23-24H2,1-4H3/t41-,42-,45+,46+,47+,48+,49-,50-,51-,52-/m1/s1. The average molecular weight is 1090 g/mol. The zero-order valence-electron chi connectivity index (χ0n) is 41.0. The van der Waals surface area contributed by atoms with Gasteiger partial charge >= 0.3 is 0 Å². The summed E-state index contributed by atoms with van der Waals surface area (Å²) in [5, 5.41) is 90.9. The van der Waals surface area contributed by atoms with Crippen LogP contribution in [-0.2, 0) is 29.2 Å². The summed E-state index contributed by atoms with van der Waals surface area (Å²) >= 11 is 0. The van der Waals surface area contributed by atoms with Gasteiger partial charge in [-0.05, 0) is 59.3 Å². The molecule has 10 rings (SSSR count). The number of aliphatic hydroxyl groups is 6. The number of sulfone groups is 1. The Hall–Kier alpha value is -7.07. The van der Waals surface area contributed by atoms with Crippen LogP contribution in [0.3, 0.4) is 0 Å². The van der Waals surface area contributed by atoms with Gasteiger partial charge in [-0.25, -0.2) is 44.1 Å². The van der Waals surface area contributed by atoms with E-state index < -0.39 is 128 Å². The molecule has 2 aliphatic rings. The number of ether oxygens (including phenoxy) is 2. The first-order valence-electron chi connectivity index (χ1n) is 23.7.